The number of methoxy groups -OCH3 is 2. The van der Waals surface area contributed by atoms with Crippen LogP contribution in [0.5, 0.6) is 5.75 Å². The summed E-state index contributed by atoms with van der Waals surface area (Å²) in [5, 5.41) is 0. The molecule has 4 rings (SSSR count). The zero-order valence-electron chi connectivity index (χ0n) is 20.0. The van der Waals surface area contributed by atoms with Crippen LogP contribution < -0.4 is 4.74 Å². The predicted octanol–water partition coefficient (Wildman–Crippen LogP) is 4.52. The van der Waals surface area contributed by atoms with Gasteiger partial charge in [0.05, 0.1) is 20.6 Å². The van der Waals surface area contributed by atoms with Crippen molar-refractivity contribution in [2.75, 3.05) is 20.8 Å². The molecule has 6 heteroatoms. The van der Waals surface area contributed by atoms with E-state index in [-0.39, 0.29) is 30.4 Å². The standard InChI is InChI=1S/C28H31NO5/c1-20-6-4-7-21(18-20)13-16-28(34-26(30)19-22-9-11-23(32-2)12-10-22)15-5-8-25-24(28)14-17-29(25)27(31)33-3/h4,6-7,9-12,18,24-25H,5,8,14-15,17,19H2,1-3H3. The van der Waals surface area contributed by atoms with Gasteiger partial charge in [0.15, 0.2) is 5.60 Å². The van der Waals surface area contributed by atoms with E-state index in [1.54, 1.807) is 12.0 Å². The molecule has 2 aromatic carbocycles. The van der Waals surface area contributed by atoms with E-state index in [2.05, 4.69) is 11.8 Å². The topological polar surface area (TPSA) is 65.1 Å². The van der Waals surface area contributed by atoms with Crippen molar-refractivity contribution in [1.82, 2.24) is 4.90 Å². The van der Waals surface area contributed by atoms with E-state index in [0.29, 0.717) is 13.0 Å². The van der Waals surface area contributed by atoms with Crippen LogP contribution in [0.1, 0.15) is 42.4 Å². The number of nitrogens with zero attached hydrogens (tertiary/aromatic N) is 1. The molecule has 1 aliphatic carbocycles. The second-order valence-corrected chi connectivity index (χ2v) is 9.03. The third-order valence-corrected chi connectivity index (χ3v) is 6.84. The molecule has 3 unspecified atom stereocenters. The summed E-state index contributed by atoms with van der Waals surface area (Å²) >= 11 is 0. The number of carbonyl (C=O) groups excluding carboxylic acids is 2. The molecule has 1 amide bonds. The number of esters is 1. The van der Waals surface area contributed by atoms with Crippen LogP contribution in [-0.2, 0) is 20.7 Å². The summed E-state index contributed by atoms with van der Waals surface area (Å²) in [6.07, 6.45) is 2.85. The van der Waals surface area contributed by atoms with Crippen molar-refractivity contribution in [2.45, 2.75) is 50.7 Å². The lowest BCUT2D eigenvalue weighted by Crippen LogP contribution is -2.52. The van der Waals surface area contributed by atoms with Crippen LogP contribution >= 0.6 is 0 Å². The highest BCUT2D eigenvalue weighted by Crippen LogP contribution is 2.45. The number of fused-ring (bicyclic) bond motifs is 1. The van der Waals surface area contributed by atoms with Crippen LogP contribution in [0.3, 0.4) is 0 Å². The zero-order chi connectivity index (χ0) is 24.1. The number of rotatable bonds is 4. The van der Waals surface area contributed by atoms with Gasteiger partial charge in [0, 0.05) is 24.1 Å². The molecule has 1 aliphatic heterocycles. The molecule has 6 nitrogen and oxygen atoms in total. The fraction of sp³-hybridized carbons (Fsp3) is 0.429. The summed E-state index contributed by atoms with van der Waals surface area (Å²) in [7, 11) is 3.01. The van der Waals surface area contributed by atoms with E-state index in [1.165, 1.54) is 7.11 Å². The van der Waals surface area contributed by atoms with Gasteiger partial charge in [-0.25, -0.2) is 4.79 Å². The molecule has 1 saturated heterocycles. The van der Waals surface area contributed by atoms with Crippen molar-refractivity contribution in [3.8, 4) is 17.6 Å². The normalized spacial score (nSPS) is 23.3. The van der Waals surface area contributed by atoms with Crippen molar-refractivity contribution in [1.29, 1.82) is 0 Å². The van der Waals surface area contributed by atoms with E-state index in [9.17, 15) is 9.59 Å². The van der Waals surface area contributed by atoms with Crippen molar-refractivity contribution in [3.63, 3.8) is 0 Å². The molecule has 2 aromatic rings. The Balaban J connectivity index is 1.63. The van der Waals surface area contributed by atoms with Gasteiger partial charge in [0.25, 0.3) is 0 Å². The van der Waals surface area contributed by atoms with Crippen molar-refractivity contribution >= 4 is 12.1 Å². The Hall–Kier alpha value is -3.46. The minimum absolute atomic E-state index is 0.0539. The Kier molecular flexibility index (Phi) is 7.12. The largest absolute Gasteiger partial charge is 0.497 e. The summed E-state index contributed by atoms with van der Waals surface area (Å²) in [6.45, 7) is 2.60. The predicted molar refractivity (Wildman–Crippen MR) is 128 cm³/mol. The SMILES string of the molecule is COC(=O)N1CCC2C1CCCC2(C#Cc1cccc(C)c1)OC(=O)Cc1ccc(OC)cc1. The molecule has 0 spiro atoms. The summed E-state index contributed by atoms with van der Waals surface area (Å²) in [5.74, 6) is 7.00. The van der Waals surface area contributed by atoms with Crippen LogP contribution in [0.2, 0.25) is 0 Å². The lowest BCUT2D eigenvalue weighted by atomic mass is 9.72. The first kappa shape index (κ1) is 23.7. The maximum atomic E-state index is 13.1. The Labute approximate surface area is 201 Å². The molecule has 2 fully saturated rings. The summed E-state index contributed by atoms with van der Waals surface area (Å²) in [4.78, 5) is 27.3. The lowest BCUT2D eigenvalue weighted by Gasteiger charge is -2.42. The van der Waals surface area contributed by atoms with E-state index < -0.39 is 5.60 Å². The Morgan fingerprint density at radius 3 is 2.62 bits per heavy atom. The van der Waals surface area contributed by atoms with E-state index in [0.717, 1.165) is 41.7 Å². The summed E-state index contributed by atoms with van der Waals surface area (Å²) in [6, 6.07) is 15.3. The second-order valence-electron chi connectivity index (χ2n) is 9.03. The maximum absolute atomic E-state index is 13.1. The Morgan fingerprint density at radius 2 is 1.91 bits per heavy atom. The third-order valence-electron chi connectivity index (χ3n) is 6.84. The van der Waals surface area contributed by atoms with Gasteiger partial charge in [-0.15, -0.1) is 0 Å². The van der Waals surface area contributed by atoms with E-state index in [1.807, 2.05) is 55.5 Å². The number of hydrogen-bond donors (Lipinski definition) is 0. The van der Waals surface area contributed by atoms with Gasteiger partial charge < -0.3 is 19.1 Å². The molecule has 0 aromatic heterocycles. The molecule has 34 heavy (non-hydrogen) atoms. The number of benzene rings is 2. The smallest absolute Gasteiger partial charge is 0.409 e. The zero-order valence-corrected chi connectivity index (χ0v) is 20.0. The summed E-state index contributed by atoms with van der Waals surface area (Å²) < 4.78 is 16.5. The van der Waals surface area contributed by atoms with E-state index in [4.69, 9.17) is 14.2 Å². The highest BCUT2D eigenvalue weighted by molar-refractivity contribution is 5.74. The van der Waals surface area contributed by atoms with E-state index >= 15 is 0 Å². The molecule has 178 valence electrons. The summed E-state index contributed by atoms with van der Waals surface area (Å²) in [5.41, 5.74) is 1.91. The lowest BCUT2D eigenvalue weighted by molar-refractivity contribution is -0.161. The van der Waals surface area contributed by atoms with Gasteiger partial charge in [-0.2, -0.15) is 0 Å². The first-order chi connectivity index (χ1) is 16.4. The number of aryl methyl sites for hydroxylation is 1. The average Bonchev–Trinajstić information content (AvgIpc) is 3.28. The van der Waals surface area contributed by atoms with Crippen LogP contribution in [0.4, 0.5) is 4.79 Å². The van der Waals surface area contributed by atoms with Gasteiger partial charge >= 0.3 is 12.1 Å². The number of ether oxygens (including phenoxy) is 3. The van der Waals surface area contributed by atoms with Crippen LogP contribution in [0.15, 0.2) is 48.5 Å². The van der Waals surface area contributed by atoms with Gasteiger partial charge in [-0.3, -0.25) is 4.79 Å². The number of amides is 1. The quantitative estimate of drug-likeness (QED) is 0.495. The molecular weight excluding hydrogens is 430 g/mol. The Bertz CT molecular complexity index is 1100. The van der Waals surface area contributed by atoms with Crippen molar-refractivity contribution in [3.05, 3.63) is 65.2 Å². The second kappa shape index (κ2) is 10.2. The number of carbonyl (C=O) groups is 2. The first-order valence-electron chi connectivity index (χ1n) is 11.7. The molecule has 1 heterocycles. The molecule has 1 saturated carbocycles. The van der Waals surface area contributed by atoms with Crippen LogP contribution in [-0.4, -0.2) is 49.4 Å². The van der Waals surface area contributed by atoms with Gasteiger partial charge in [0.2, 0.25) is 0 Å². The maximum Gasteiger partial charge on any atom is 0.409 e. The Morgan fingerprint density at radius 1 is 1.12 bits per heavy atom. The average molecular weight is 462 g/mol. The van der Waals surface area contributed by atoms with Gasteiger partial charge in [-0.05, 0) is 73.9 Å². The van der Waals surface area contributed by atoms with Gasteiger partial charge in [-0.1, -0.05) is 30.2 Å². The molecule has 0 N–H and O–H groups in total. The van der Waals surface area contributed by atoms with Gasteiger partial charge in [0.1, 0.15) is 5.75 Å². The highest BCUT2D eigenvalue weighted by atomic mass is 16.6. The minimum Gasteiger partial charge on any atom is -0.497 e. The third kappa shape index (κ3) is 5.04. The number of hydrogen-bond acceptors (Lipinski definition) is 5. The van der Waals surface area contributed by atoms with Crippen molar-refractivity contribution in [2.24, 2.45) is 5.92 Å². The fourth-order valence-electron chi connectivity index (χ4n) is 5.22. The fourth-order valence-corrected chi connectivity index (χ4v) is 5.22. The van der Waals surface area contributed by atoms with Crippen LogP contribution in [0, 0.1) is 24.7 Å². The molecule has 0 bridgehead atoms. The molecule has 3 atom stereocenters. The highest BCUT2D eigenvalue weighted by Gasteiger charge is 2.53. The molecule has 0 radical (unpaired) electrons. The molecular formula is C28H31NO5. The van der Waals surface area contributed by atoms with Crippen molar-refractivity contribution < 1.29 is 23.8 Å². The number of likely N-dealkylation sites (tertiary alicyclic amines) is 1. The monoisotopic (exact) mass is 461 g/mol. The van der Waals surface area contributed by atoms with Crippen LogP contribution in [0.25, 0.3) is 0 Å². The molecule has 2 aliphatic rings. The first-order valence-corrected chi connectivity index (χ1v) is 11.7. The minimum atomic E-state index is -0.945.